The molecule has 4 heteroatoms. The molecule has 121 valence electrons. The van der Waals surface area contributed by atoms with Crippen LogP contribution >= 0.6 is 0 Å². The van der Waals surface area contributed by atoms with Crippen molar-refractivity contribution in [3.63, 3.8) is 0 Å². The lowest BCUT2D eigenvalue weighted by Gasteiger charge is -1.97. The third-order valence-corrected chi connectivity index (χ3v) is 2.97. The van der Waals surface area contributed by atoms with E-state index in [0.717, 1.165) is 19.3 Å². The lowest BCUT2D eigenvalue weighted by atomic mass is 10.1. The van der Waals surface area contributed by atoms with Crippen molar-refractivity contribution in [3.05, 3.63) is 58.3 Å². The Bertz CT molecular complexity index is 420. The van der Waals surface area contributed by atoms with E-state index in [0.29, 0.717) is 32.1 Å². The molecule has 0 fully saturated rings. The van der Waals surface area contributed by atoms with Gasteiger partial charge in [0, 0.05) is 12.8 Å². The Balaban J connectivity index is 3.97. The molecule has 1 radical (unpaired) electrons. The van der Waals surface area contributed by atoms with E-state index in [2.05, 4.69) is 31.2 Å². The van der Waals surface area contributed by atoms with Gasteiger partial charge < -0.3 is 0 Å². The molecule has 0 heterocycles. The summed E-state index contributed by atoms with van der Waals surface area (Å²) in [5.41, 5.74) is 0.232. The van der Waals surface area contributed by atoms with Crippen LogP contribution < -0.4 is 0 Å². The van der Waals surface area contributed by atoms with E-state index >= 15 is 0 Å². The molecule has 0 aromatic carbocycles. The van der Waals surface area contributed by atoms with Gasteiger partial charge in [-0.25, -0.2) is 0 Å². The Morgan fingerprint density at radius 3 is 2.14 bits per heavy atom. The van der Waals surface area contributed by atoms with Gasteiger partial charge in [-0.1, -0.05) is 43.4 Å². The molecule has 0 spiro atoms. The molecule has 0 aliphatic heterocycles. The quantitative estimate of drug-likeness (QED) is 0.207. The van der Waals surface area contributed by atoms with Crippen LogP contribution in [0, 0.1) is 10.1 Å². The fourth-order valence-electron chi connectivity index (χ4n) is 1.78. The molecule has 0 unspecified atom stereocenters. The fraction of sp³-hybridized carbons (Fsp3) is 0.500. The number of hydrogen-bond donors (Lipinski definition) is 0. The number of hydrogen-bond acceptors (Lipinski definition) is 3. The normalized spacial score (nSPS) is 12.7. The molecule has 22 heavy (non-hydrogen) atoms. The first-order valence-corrected chi connectivity index (χ1v) is 7.85. The van der Waals surface area contributed by atoms with Crippen LogP contribution in [-0.4, -0.2) is 11.2 Å². The maximum atomic E-state index is 10.9. The van der Waals surface area contributed by atoms with E-state index in [1.54, 1.807) is 12.4 Å². The molecule has 0 aromatic rings. The van der Waals surface area contributed by atoms with Gasteiger partial charge in [-0.05, 0) is 44.6 Å². The van der Waals surface area contributed by atoms with E-state index in [-0.39, 0.29) is 10.6 Å². The SMILES string of the molecule is CC/C=C/C/C=C/C/C=C/C/C=C(/CCCC[C]=O)[N+](=O)[O-]. The minimum Gasteiger partial charge on any atom is -0.291 e. The Kier molecular flexibility index (Phi) is 14.0. The smallest absolute Gasteiger partial charge is 0.242 e. The number of unbranched alkanes of at least 4 members (excludes halogenated alkanes) is 2. The predicted molar refractivity (Wildman–Crippen MR) is 90.8 cm³/mol. The van der Waals surface area contributed by atoms with Gasteiger partial charge in [0.1, 0.15) is 0 Å². The van der Waals surface area contributed by atoms with Crippen molar-refractivity contribution in [1.29, 1.82) is 0 Å². The largest absolute Gasteiger partial charge is 0.291 e. The Morgan fingerprint density at radius 1 is 1.00 bits per heavy atom. The highest BCUT2D eigenvalue weighted by Gasteiger charge is 2.08. The second kappa shape index (κ2) is 15.4. The van der Waals surface area contributed by atoms with E-state index in [4.69, 9.17) is 0 Å². The Hall–Kier alpha value is -1.97. The summed E-state index contributed by atoms with van der Waals surface area (Å²) >= 11 is 0. The van der Waals surface area contributed by atoms with Gasteiger partial charge in [0.15, 0.2) is 6.29 Å². The van der Waals surface area contributed by atoms with E-state index in [9.17, 15) is 14.9 Å². The molecular weight excluding hydrogens is 278 g/mol. The maximum Gasteiger partial charge on any atom is 0.242 e. The average molecular weight is 304 g/mol. The molecule has 0 amide bonds. The summed E-state index contributed by atoms with van der Waals surface area (Å²) in [6.45, 7) is 2.11. The molecular formula is C18H26NO3. The molecule has 0 rings (SSSR count). The standard InChI is InChI=1S/C18H26NO3/c1-2-3-4-5-6-7-8-9-10-12-15-18(19(21)22)16-13-11-14-17-20/h3-4,6-7,9-10,15H,2,5,8,11-14,16H2,1H3/b4-3+,7-6+,10-9+,18-15-. The van der Waals surface area contributed by atoms with Crippen LogP contribution in [0.1, 0.15) is 58.3 Å². The van der Waals surface area contributed by atoms with Gasteiger partial charge in [0.25, 0.3) is 0 Å². The number of carbonyl (C=O) groups excluding carboxylic acids is 1. The van der Waals surface area contributed by atoms with Crippen LogP contribution in [0.5, 0.6) is 0 Å². The predicted octanol–water partition coefficient (Wildman–Crippen LogP) is 5.07. The number of nitrogens with zero attached hydrogens (tertiary/aromatic N) is 1. The van der Waals surface area contributed by atoms with Gasteiger partial charge in [0.05, 0.1) is 4.92 Å². The van der Waals surface area contributed by atoms with Crippen molar-refractivity contribution in [2.45, 2.75) is 58.3 Å². The van der Waals surface area contributed by atoms with Gasteiger partial charge in [0.2, 0.25) is 5.70 Å². The number of rotatable bonds is 13. The summed E-state index contributed by atoms with van der Waals surface area (Å²) in [6, 6.07) is 0. The van der Waals surface area contributed by atoms with Crippen molar-refractivity contribution in [2.75, 3.05) is 0 Å². The van der Waals surface area contributed by atoms with Gasteiger partial charge in [-0.2, -0.15) is 0 Å². The highest BCUT2D eigenvalue weighted by atomic mass is 16.6. The Morgan fingerprint density at radius 2 is 1.59 bits per heavy atom. The topological polar surface area (TPSA) is 60.2 Å². The van der Waals surface area contributed by atoms with Crippen molar-refractivity contribution in [3.8, 4) is 0 Å². The second-order valence-corrected chi connectivity index (χ2v) is 4.83. The number of allylic oxidation sites excluding steroid dienone is 8. The second-order valence-electron chi connectivity index (χ2n) is 4.83. The average Bonchev–Trinajstić information content (AvgIpc) is 2.50. The van der Waals surface area contributed by atoms with Crippen molar-refractivity contribution < 1.29 is 9.72 Å². The summed E-state index contributed by atoms with van der Waals surface area (Å²) in [5.74, 6) is 0. The highest BCUT2D eigenvalue weighted by Crippen LogP contribution is 2.10. The molecule has 0 N–H and O–H groups in total. The first kappa shape index (κ1) is 20.0. The molecule has 0 saturated carbocycles. The third kappa shape index (κ3) is 13.0. The monoisotopic (exact) mass is 304 g/mol. The maximum absolute atomic E-state index is 10.9. The van der Waals surface area contributed by atoms with Crippen molar-refractivity contribution in [1.82, 2.24) is 0 Å². The van der Waals surface area contributed by atoms with Crippen LogP contribution in [-0.2, 0) is 4.79 Å². The minimum atomic E-state index is -0.335. The fourth-order valence-corrected chi connectivity index (χ4v) is 1.78. The van der Waals surface area contributed by atoms with Gasteiger partial charge in [-0.15, -0.1) is 0 Å². The highest BCUT2D eigenvalue weighted by molar-refractivity contribution is 5.50. The first-order valence-electron chi connectivity index (χ1n) is 7.85. The molecule has 0 bridgehead atoms. The first-order chi connectivity index (χ1) is 10.7. The molecule has 0 aliphatic carbocycles. The zero-order valence-corrected chi connectivity index (χ0v) is 13.4. The van der Waals surface area contributed by atoms with Crippen LogP contribution in [0.2, 0.25) is 0 Å². The van der Waals surface area contributed by atoms with Crippen LogP contribution in [0.3, 0.4) is 0 Å². The van der Waals surface area contributed by atoms with Crippen LogP contribution in [0.15, 0.2) is 48.2 Å². The summed E-state index contributed by atoms with van der Waals surface area (Å²) in [4.78, 5) is 20.6. The summed E-state index contributed by atoms with van der Waals surface area (Å²) < 4.78 is 0. The van der Waals surface area contributed by atoms with Crippen LogP contribution in [0.25, 0.3) is 0 Å². The molecule has 0 saturated heterocycles. The summed E-state index contributed by atoms with van der Waals surface area (Å²) in [5, 5.41) is 10.9. The zero-order valence-electron chi connectivity index (χ0n) is 13.4. The lowest BCUT2D eigenvalue weighted by Crippen LogP contribution is -1.98. The van der Waals surface area contributed by atoms with Crippen molar-refractivity contribution >= 4 is 6.29 Å². The Labute approximate surface area is 133 Å². The third-order valence-electron chi connectivity index (χ3n) is 2.97. The van der Waals surface area contributed by atoms with Gasteiger partial charge in [-0.3, -0.25) is 14.9 Å². The number of nitro groups is 1. The van der Waals surface area contributed by atoms with Gasteiger partial charge >= 0.3 is 0 Å². The minimum absolute atomic E-state index is 0.232. The molecule has 4 nitrogen and oxygen atoms in total. The zero-order chi connectivity index (χ0) is 16.5. The summed E-state index contributed by atoms with van der Waals surface area (Å²) in [7, 11) is 0. The molecule has 0 aromatic heterocycles. The van der Waals surface area contributed by atoms with Crippen LogP contribution in [0.4, 0.5) is 0 Å². The molecule has 0 aliphatic rings. The van der Waals surface area contributed by atoms with E-state index < -0.39 is 0 Å². The summed E-state index contributed by atoms with van der Waals surface area (Å²) in [6.07, 6.45) is 21.4. The molecule has 0 atom stereocenters. The van der Waals surface area contributed by atoms with Crippen molar-refractivity contribution in [2.24, 2.45) is 0 Å². The lowest BCUT2D eigenvalue weighted by molar-refractivity contribution is -0.428. The van der Waals surface area contributed by atoms with E-state index in [1.807, 2.05) is 12.2 Å². The van der Waals surface area contributed by atoms with E-state index in [1.165, 1.54) is 0 Å².